The molecule has 0 bridgehead atoms. The van der Waals surface area contributed by atoms with Gasteiger partial charge >= 0.3 is 0 Å². The molecule has 2 aliphatic rings. The monoisotopic (exact) mass is 837 g/mol. The Morgan fingerprint density at radius 2 is 0.717 bits per heavy atom. The van der Waals surface area contributed by atoms with Crippen molar-refractivity contribution in [1.82, 2.24) is 0 Å². The summed E-state index contributed by atoms with van der Waals surface area (Å²) in [5.74, 6) is 7.99. The molecule has 0 aliphatic heterocycles. The fourth-order valence-electron chi connectivity index (χ4n) is 7.39. The Balaban J connectivity index is -0.000000111. The normalized spacial score (nSPS) is 12.9. The topological polar surface area (TPSA) is 0 Å². The maximum Gasteiger partial charge on any atom is -0.0219 e. The molecular formula is C60H116. The van der Waals surface area contributed by atoms with Crippen LogP contribution in [0.5, 0.6) is 0 Å². The van der Waals surface area contributed by atoms with E-state index in [1.165, 1.54) is 100 Å². The van der Waals surface area contributed by atoms with Gasteiger partial charge in [0.15, 0.2) is 0 Å². The van der Waals surface area contributed by atoms with Gasteiger partial charge in [-0.25, -0.2) is 0 Å². The van der Waals surface area contributed by atoms with E-state index in [0.717, 1.165) is 47.3 Å². The first-order valence-corrected chi connectivity index (χ1v) is 22.7. The smallest absolute Gasteiger partial charge is 0.0219 e. The molecule has 0 radical (unpaired) electrons. The minimum absolute atomic E-state index is 0. The van der Waals surface area contributed by atoms with Gasteiger partial charge in [-0.05, 0) is 95.6 Å². The van der Waals surface area contributed by atoms with Crippen molar-refractivity contribution in [2.45, 2.75) is 231 Å². The highest BCUT2D eigenvalue weighted by Crippen LogP contribution is 2.30. The van der Waals surface area contributed by atoms with Gasteiger partial charge in [0, 0.05) is 0 Å². The lowest BCUT2D eigenvalue weighted by Crippen LogP contribution is -2.12. The third kappa shape index (κ3) is 43.7. The molecule has 0 heteroatoms. The Morgan fingerprint density at radius 1 is 0.383 bits per heavy atom. The lowest BCUT2D eigenvalue weighted by molar-refractivity contribution is 0.279. The number of rotatable bonds is 10. The first kappa shape index (κ1) is 72.1. The molecular weight excluding hydrogens is 721 g/mol. The summed E-state index contributed by atoms with van der Waals surface area (Å²) in [5.41, 5.74) is 4.32. The standard InChI is InChI=1S/C11H16.C10H14.C9H18.C9H12.C8H16.C7H16.6CH4/c1-10(2)8-9-11-6-4-3-5-7-11;1-9(2)8-10-6-4-3-5-7-10;2*1-8(2)9-6-4-3-5-7-9;1-7(2)8-5-3-4-6-8;1-6(2)5-7(3)4;;;;;;/h3-7,10H,8-9H2,1-2H3;3-7,9H,8H2,1-2H3;8-9H,3-7H2,1-2H3;3-8H,1-2H3;7-8H,3-6H2,1-2H3;6-7H,5H2,1-4H3;6*1H4. The molecule has 0 aromatic heterocycles. The highest BCUT2D eigenvalue weighted by atomic mass is 14.2. The summed E-state index contributed by atoms with van der Waals surface area (Å²) >= 11 is 0. The highest BCUT2D eigenvalue weighted by molar-refractivity contribution is 5.18. The van der Waals surface area contributed by atoms with Crippen LogP contribution in [0.1, 0.15) is 235 Å². The van der Waals surface area contributed by atoms with Crippen molar-refractivity contribution in [3.63, 3.8) is 0 Å². The SMILES string of the molecule is C.C.C.C.C.C.CC(C)C1CCCC1.CC(C)C1CCCCC1.CC(C)CC(C)C.CC(C)CCc1ccccc1.CC(C)Cc1ccccc1.CC(C)c1ccccc1. The Bertz CT molecular complexity index is 1150. The van der Waals surface area contributed by atoms with E-state index in [1.807, 2.05) is 6.07 Å². The zero-order valence-corrected chi connectivity index (χ0v) is 38.5. The molecule has 2 aliphatic carbocycles. The van der Waals surface area contributed by atoms with Crippen LogP contribution in [0.25, 0.3) is 0 Å². The Hall–Kier alpha value is -2.34. The first-order chi connectivity index (χ1) is 25.6. The first-order valence-electron chi connectivity index (χ1n) is 22.7. The molecule has 0 nitrogen and oxygen atoms in total. The Labute approximate surface area is 384 Å². The largest absolute Gasteiger partial charge is 0.0776 e. The van der Waals surface area contributed by atoms with E-state index in [0.29, 0.717) is 5.92 Å². The van der Waals surface area contributed by atoms with Crippen LogP contribution in [0.15, 0.2) is 91.0 Å². The molecule has 0 unspecified atom stereocenters. The summed E-state index contributed by atoms with van der Waals surface area (Å²) in [6, 6.07) is 31.8. The molecule has 0 amide bonds. The van der Waals surface area contributed by atoms with Gasteiger partial charge in [-0.2, -0.15) is 0 Å². The van der Waals surface area contributed by atoms with Crippen LogP contribution in [0.4, 0.5) is 0 Å². The molecule has 5 rings (SSSR count). The maximum atomic E-state index is 2.36. The lowest BCUT2D eigenvalue weighted by Gasteiger charge is -2.24. The number of hydrogen-bond donors (Lipinski definition) is 0. The molecule has 0 atom stereocenters. The van der Waals surface area contributed by atoms with Crippen LogP contribution in [-0.2, 0) is 12.8 Å². The van der Waals surface area contributed by atoms with Crippen molar-refractivity contribution in [3.8, 4) is 0 Å². The quantitative estimate of drug-likeness (QED) is 0.191. The molecule has 2 saturated carbocycles. The molecule has 0 saturated heterocycles. The van der Waals surface area contributed by atoms with Crippen molar-refractivity contribution >= 4 is 0 Å². The number of aryl methyl sites for hydroxylation is 1. The molecule has 0 heterocycles. The van der Waals surface area contributed by atoms with Gasteiger partial charge < -0.3 is 0 Å². The van der Waals surface area contributed by atoms with Crippen LogP contribution in [-0.4, -0.2) is 0 Å². The second kappa shape index (κ2) is 46.2. The zero-order chi connectivity index (χ0) is 40.7. The van der Waals surface area contributed by atoms with Crippen molar-refractivity contribution in [1.29, 1.82) is 0 Å². The third-order valence-electron chi connectivity index (χ3n) is 10.7. The van der Waals surface area contributed by atoms with Gasteiger partial charge in [-0.15, -0.1) is 0 Å². The fourth-order valence-corrected chi connectivity index (χ4v) is 7.39. The van der Waals surface area contributed by atoms with Crippen molar-refractivity contribution in [2.24, 2.45) is 47.3 Å². The van der Waals surface area contributed by atoms with Crippen molar-refractivity contribution in [2.75, 3.05) is 0 Å². The maximum absolute atomic E-state index is 2.36. The minimum Gasteiger partial charge on any atom is -0.0776 e. The summed E-state index contributed by atoms with van der Waals surface area (Å²) in [6.45, 7) is 31.9. The van der Waals surface area contributed by atoms with Crippen LogP contribution in [0.3, 0.4) is 0 Å². The zero-order valence-electron chi connectivity index (χ0n) is 38.5. The third-order valence-corrected chi connectivity index (χ3v) is 10.7. The van der Waals surface area contributed by atoms with Gasteiger partial charge in [-0.3, -0.25) is 0 Å². The number of hydrogen-bond acceptors (Lipinski definition) is 0. The summed E-state index contributed by atoms with van der Waals surface area (Å²) in [4.78, 5) is 0. The van der Waals surface area contributed by atoms with E-state index in [1.54, 1.807) is 0 Å². The Kier molecular flexibility index (Phi) is 55.5. The van der Waals surface area contributed by atoms with Gasteiger partial charge in [-0.1, -0.05) is 290 Å². The van der Waals surface area contributed by atoms with E-state index in [4.69, 9.17) is 0 Å². The second-order valence-electron chi connectivity index (χ2n) is 19.0. The predicted molar refractivity (Wildman–Crippen MR) is 288 cm³/mol. The molecule has 3 aromatic rings. The van der Waals surface area contributed by atoms with Gasteiger partial charge in [0.25, 0.3) is 0 Å². The summed E-state index contributed by atoms with van der Waals surface area (Å²) in [5, 5.41) is 0. The van der Waals surface area contributed by atoms with Crippen LogP contribution < -0.4 is 0 Å². The van der Waals surface area contributed by atoms with E-state index >= 15 is 0 Å². The molecule has 356 valence electrons. The predicted octanol–water partition coefficient (Wildman–Crippen LogP) is 21.5. The van der Waals surface area contributed by atoms with Crippen LogP contribution >= 0.6 is 0 Å². The molecule has 60 heavy (non-hydrogen) atoms. The van der Waals surface area contributed by atoms with Crippen LogP contribution in [0, 0.1) is 47.3 Å². The van der Waals surface area contributed by atoms with Gasteiger partial charge in [0.1, 0.15) is 0 Å². The molecule has 0 N–H and O–H groups in total. The van der Waals surface area contributed by atoms with E-state index in [2.05, 4.69) is 182 Å². The van der Waals surface area contributed by atoms with Crippen molar-refractivity contribution in [3.05, 3.63) is 108 Å². The van der Waals surface area contributed by atoms with Crippen molar-refractivity contribution < 1.29 is 0 Å². The molecule has 3 aromatic carbocycles. The average Bonchev–Trinajstić information content (AvgIpc) is 3.69. The fraction of sp³-hybridized carbons (Fsp3) is 0.700. The second-order valence-corrected chi connectivity index (χ2v) is 19.0. The van der Waals surface area contributed by atoms with E-state index in [9.17, 15) is 0 Å². The highest BCUT2D eigenvalue weighted by Gasteiger charge is 2.17. The minimum atomic E-state index is 0. The van der Waals surface area contributed by atoms with Gasteiger partial charge in [0.05, 0.1) is 0 Å². The summed E-state index contributed by atoms with van der Waals surface area (Å²) < 4.78 is 0. The van der Waals surface area contributed by atoms with Gasteiger partial charge in [0.2, 0.25) is 0 Å². The average molecular weight is 838 g/mol. The lowest BCUT2D eigenvalue weighted by atomic mass is 9.82. The molecule has 0 spiro atoms. The molecule has 2 fully saturated rings. The Morgan fingerprint density at radius 3 is 0.967 bits per heavy atom. The van der Waals surface area contributed by atoms with E-state index < -0.39 is 0 Å². The van der Waals surface area contributed by atoms with Crippen LogP contribution in [0.2, 0.25) is 0 Å². The summed E-state index contributed by atoms with van der Waals surface area (Å²) in [6.07, 6.45) is 18.5. The number of benzene rings is 3. The van der Waals surface area contributed by atoms with E-state index in [-0.39, 0.29) is 44.6 Å². The summed E-state index contributed by atoms with van der Waals surface area (Å²) in [7, 11) is 0.